The first-order valence-electron chi connectivity index (χ1n) is 9.91. The summed E-state index contributed by atoms with van der Waals surface area (Å²) in [5.41, 5.74) is 1.46. The Balaban J connectivity index is 1.64. The van der Waals surface area contributed by atoms with E-state index in [0.29, 0.717) is 43.0 Å². The lowest BCUT2D eigenvalue weighted by Crippen LogP contribution is -2.54. The first-order valence-corrected chi connectivity index (χ1v) is 11.0. The number of anilines is 1. The van der Waals surface area contributed by atoms with E-state index in [0.717, 1.165) is 5.56 Å². The minimum atomic E-state index is -2.43. The fourth-order valence-corrected chi connectivity index (χ4v) is 4.09. The van der Waals surface area contributed by atoms with Crippen LogP contribution >= 0.6 is 0 Å². The Morgan fingerprint density at radius 1 is 1.03 bits per heavy atom. The Morgan fingerprint density at radius 2 is 1.61 bits per heavy atom. The highest BCUT2D eigenvalue weighted by molar-refractivity contribution is 7.80. The summed E-state index contributed by atoms with van der Waals surface area (Å²) in [6.45, 7) is 6.95. The van der Waals surface area contributed by atoms with Crippen LogP contribution in [0.3, 0.4) is 0 Å². The standard InChI is InChI=1S/C22H26FN3O4S/c1-15-14-16(4-9-19(15)24-31(29)30)20(27)25-10-12-26(13-11-25)21(28)22(2,3)17-5-7-18(23)8-6-17/h4-9,14,24H,10-13H2,1-3H3,(H,29,30)/p-1. The second-order valence-electron chi connectivity index (χ2n) is 8.08. The third-order valence-electron chi connectivity index (χ3n) is 5.62. The van der Waals surface area contributed by atoms with Crippen molar-refractivity contribution in [2.45, 2.75) is 26.2 Å². The predicted octanol–water partition coefficient (Wildman–Crippen LogP) is 2.60. The third kappa shape index (κ3) is 5.11. The first-order chi connectivity index (χ1) is 14.6. The van der Waals surface area contributed by atoms with Crippen LogP contribution in [0.1, 0.15) is 35.3 Å². The van der Waals surface area contributed by atoms with Gasteiger partial charge in [0.15, 0.2) is 0 Å². The molecular formula is C22H25FN3O4S-. The van der Waals surface area contributed by atoms with Crippen molar-refractivity contribution >= 4 is 28.8 Å². The molecular weight excluding hydrogens is 421 g/mol. The van der Waals surface area contributed by atoms with E-state index >= 15 is 0 Å². The van der Waals surface area contributed by atoms with Gasteiger partial charge in [-0.2, -0.15) is 0 Å². The smallest absolute Gasteiger partial charge is 0.253 e. The zero-order valence-electron chi connectivity index (χ0n) is 17.7. The van der Waals surface area contributed by atoms with Crippen LogP contribution in [0.15, 0.2) is 42.5 Å². The van der Waals surface area contributed by atoms with Crippen molar-refractivity contribution in [1.82, 2.24) is 9.80 Å². The van der Waals surface area contributed by atoms with Crippen LogP contribution in [0.25, 0.3) is 0 Å². The molecule has 7 nitrogen and oxygen atoms in total. The zero-order valence-corrected chi connectivity index (χ0v) is 18.5. The minimum Gasteiger partial charge on any atom is -0.755 e. The van der Waals surface area contributed by atoms with Gasteiger partial charge in [0.2, 0.25) is 5.91 Å². The molecule has 0 aromatic heterocycles. The van der Waals surface area contributed by atoms with Gasteiger partial charge in [0.1, 0.15) is 5.82 Å². The molecule has 1 fully saturated rings. The lowest BCUT2D eigenvalue weighted by molar-refractivity contribution is -0.137. The van der Waals surface area contributed by atoms with E-state index in [1.165, 1.54) is 12.1 Å². The molecule has 3 rings (SSSR count). The maximum atomic E-state index is 13.2. The quantitative estimate of drug-likeness (QED) is 0.715. The first kappa shape index (κ1) is 22.9. The van der Waals surface area contributed by atoms with E-state index in [2.05, 4.69) is 4.72 Å². The van der Waals surface area contributed by atoms with Crippen molar-refractivity contribution in [1.29, 1.82) is 0 Å². The number of hydrogen-bond acceptors (Lipinski definition) is 4. The van der Waals surface area contributed by atoms with Crippen LogP contribution in [0, 0.1) is 12.7 Å². The summed E-state index contributed by atoms with van der Waals surface area (Å²) < 4.78 is 37.2. The van der Waals surface area contributed by atoms with Gasteiger partial charge in [-0.05, 0) is 62.2 Å². The number of benzene rings is 2. The Kier molecular flexibility index (Phi) is 6.76. The molecule has 9 heteroatoms. The fraction of sp³-hybridized carbons (Fsp3) is 0.364. The minimum absolute atomic E-state index is 0.0666. The van der Waals surface area contributed by atoms with Crippen molar-refractivity contribution < 1.29 is 22.7 Å². The van der Waals surface area contributed by atoms with Gasteiger partial charge in [-0.25, -0.2) is 4.39 Å². The van der Waals surface area contributed by atoms with Crippen LogP contribution in [0.5, 0.6) is 0 Å². The van der Waals surface area contributed by atoms with Gasteiger partial charge >= 0.3 is 0 Å². The van der Waals surface area contributed by atoms with Crippen LogP contribution in [0.4, 0.5) is 10.1 Å². The molecule has 1 saturated heterocycles. The van der Waals surface area contributed by atoms with Gasteiger partial charge in [0.25, 0.3) is 5.91 Å². The number of hydrogen-bond donors (Lipinski definition) is 1. The molecule has 1 N–H and O–H groups in total. The number of aryl methyl sites for hydroxylation is 1. The molecule has 1 unspecified atom stereocenters. The summed E-state index contributed by atoms with van der Waals surface area (Å²) in [7, 11) is 0. The normalized spacial score (nSPS) is 15.5. The van der Waals surface area contributed by atoms with E-state index in [-0.39, 0.29) is 17.6 Å². The topological polar surface area (TPSA) is 92.8 Å². The van der Waals surface area contributed by atoms with Gasteiger partial charge in [-0.3, -0.25) is 13.8 Å². The summed E-state index contributed by atoms with van der Waals surface area (Å²) >= 11 is -2.43. The van der Waals surface area contributed by atoms with Crippen molar-refractivity contribution in [2.75, 3.05) is 30.9 Å². The number of piperazine rings is 1. The second-order valence-corrected chi connectivity index (χ2v) is 8.76. The fourth-order valence-electron chi connectivity index (χ4n) is 3.68. The molecule has 31 heavy (non-hydrogen) atoms. The van der Waals surface area contributed by atoms with Gasteiger partial charge in [0.05, 0.1) is 5.41 Å². The van der Waals surface area contributed by atoms with Crippen LogP contribution in [-0.2, 0) is 21.5 Å². The lowest BCUT2D eigenvalue weighted by atomic mass is 9.83. The number of carbonyl (C=O) groups excluding carboxylic acids is 2. The number of nitrogens with zero attached hydrogens (tertiary/aromatic N) is 2. The molecule has 0 aliphatic carbocycles. The van der Waals surface area contributed by atoms with Crippen molar-refractivity contribution in [3.05, 3.63) is 65.0 Å². The van der Waals surface area contributed by atoms with E-state index in [1.807, 2.05) is 13.8 Å². The van der Waals surface area contributed by atoms with Gasteiger partial charge < -0.3 is 19.1 Å². The van der Waals surface area contributed by atoms with Crippen LogP contribution in [0.2, 0.25) is 0 Å². The Morgan fingerprint density at radius 3 is 2.16 bits per heavy atom. The largest absolute Gasteiger partial charge is 0.755 e. The molecule has 1 heterocycles. The number of rotatable bonds is 5. The van der Waals surface area contributed by atoms with E-state index in [1.54, 1.807) is 47.1 Å². The summed E-state index contributed by atoms with van der Waals surface area (Å²) in [6.07, 6.45) is 0. The van der Waals surface area contributed by atoms with Crippen molar-refractivity contribution in [3.8, 4) is 0 Å². The maximum Gasteiger partial charge on any atom is 0.253 e. The summed E-state index contributed by atoms with van der Waals surface area (Å²) in [4.78, 5) is 29.4. The van der Waals surface area contributed by atoms with Crippen molar-refractivity contribution in [3.63, 3.8) is 0 Å². The van der Waals surface area contributed by atoms with Crippen molar-refractivity contribution in [2.24, 2.45) is 0 Å². The molecule has 0 spiro atoms. The average molecular weight is 447 g/mol. The van der Waals surface area contributed by atoms with E-state index in [4.69, 9.17) is 0 Å². The highest BCUT2D eigenvalue weighted by atomic mass is 32.2. The third-order valence-corrected chi connectivity index (χ3v) is 6.01. The monoisotopic (exact) mass is 446 g/mol. The molecule has 1 atom stereocenters. The molecule has 0 saturated carbocycles. The van der Waals surface area contributed by atoms with Crippen LogP contribution in [-0.4, -0.2) is 56.6 Å². The molecule has 0 bridgehead atoms. The number of nitrogens with one attached hydrogen (secondary N) is 1. The molecule has 2 aromatic carbocycles. The lowest BCUT2D eigenvalue weighted by Gasteiger charge is -2.39. The summed E-state index contributed by atoms with van der Waals surface area (Å²) in [6, 6.07) is 10.7. The van der Waals surface area contributed by atoms with Crippen LogP contribution < -0.4 is 4.72 Å². The van der Waals surface area contributed by atoms with Gasteiger partial charge in [-0.15, -0.1) is 0 Å². The van der Waals surface area contributed by atoms with E-state index < -0.39 is 16.7 Å². The Hall–Kier alpha value is -2.78. The SMILES string of the molecule is Cc1cc(C(=O)N2CCN(C(=O)C(C)(C)c3ccc(F)cc3)CC2)ccc1NS(=O)[O-]. The molecule has 1 aliphatic rings. The molecule has 166 valence electrons. The molecule has 2 aromatic rings. The highest BCUT2D eigenvalue weighted by Gasteiger charge is 2.35. The number of amides is 2. The Bertz CT molecular complexity index is 1000. The van der Waals surface area contributed by atoms with Gasteiger partial charge in [-0.1, -0.05) is 12.1 Å². The predicted molar refractivity (Wildman–Crippen MR) is 116 cm³/mol. The van der Waals surface area contributed by atoms with E-state index in [9.17, 15) is 22.7 Å². The van der Waals surface area contributed by atoms with Gasteiger partial charge in [0, 0.05) is 48.7 Å². The Labute approximate surface area is 183 Å². The summed E-state index contributed by atoms with van der Waals surface area (Å²) in [5, 5.41) is 0. The molecule has 1 aliphatic heterocycles. The zero-order chi connectivity index (χ0) is 22.8. The molecule has 2 amide bonds. The highest BCUT2D eigenvalue weighted by Crippen LogP contribution is 2.27. The maximum absolute atomic E-state index is 13.2. The average Bonchev–Trinajstić information content (AvgIpc) is 2.74. The second kappa shape index (κ2) is 9.15. The molecule has 0 radical (unpaired) electrons. The number of carbonyl (C=O) groups is 2. The number of halogens is 1. The summed E-state index contributed by atoms with van der Waals surface area (Å²) in [5.74, 6) is -0.578.